The highest BCUT2D eigenvalue weighted by Gasteiger charge is 2.03. The van der Waals surface area contributed by atoms with Crippen LogP contribution in [0, 0.1) is 5.41 Å². The zero-order chi connectivity index (χ0) is 9.84. The van der Waals surface area contributed by atoms with Gasteiger partial charge in [0, 0.05) is 7.05 Å². The number of nitrogens with one attached hydrogen (secondary N) is 1. The maximum atomic E-state index is 7.50. The van der Waals surface area contributed by atoms with Gasteiger partial charge in [-0.05, 0) is 13.2 Å². The van der Waals surface area contributed by atoms with Crippen LogP contribution in [0.2, 0.25) is 0 Å². The van der Waals surface area contributed by atoms with Gasteiger partial charge in [-0.2, -0.15) is 9.97 Å². The first-order valence-electron chi connectivity index (χ1n) is 3.85. The maximum absolute atomic E-state index is 7.50. The van der Waals surface area contributed by atoms with Crippen molar-refractivity contribution < 1.29 is 4.74 Å². The molecule has 0 aromatic carbocycles. The van der Waals surface area contributed by atoms with Crippen molar-refractivity contribution in [3.63, 3.8) is 0 Å². The molecule has 6 heteroatoms. The van der Waals surface area contributed by atoms with Gasteiger partial charge in [0.2, 0.25) is 5.62 Å². The molecule has 1 N–H and O–H groups in total. The van der Waals surface area contributed by atoms with E-state index in [1.54, 1.807) is 11.6 Å². The second kappa shape index (κ2) is 4.27. The summed E-state index contributed by atoms with van der Waals surface area (Å²) in [4.78, 5) is 7.97. The standard InChI is InChI=1S/C7H12N4OS/c1-4-12-6-9-5(8)11(2)7(10-6)13-3/h8H,4H2,1-3H3. The summed E-state index contributed by atoms with van der Waals surface area (Å²) < 4.78 is 6.72. The Morgan fingerprint density at radius 2 is 2.23 bits per heavy atom. The van der Waals surface area contributed by atoms with Crippen molar-refractivity contribution in [2.75, 3.05) is 12.9 Å². The van der Waals surface area contributed by atoms with Crippen LogP contribution in [0.1, 0.15) is 6.92 Å². The molecule has 1 rings (SSSR count). The molecule has 0 amide bonds. The van der Waals surface area contributed by atoms with Crippen LogP contribution in [0.5, 0.6) is 6.01 Å². The summed E-state index contributed by atoms with van der Waals surface area (Å²) in [6.45, 7) is 2.37. The number of nitrogens with zero attached hydrogens (tertiary/aromatic N) is 3. The molecule has 0 bridgehead atoms. The van der Waals surface area contributed by atoms with E-state index in [1.807, 2.05) is 13.2 Å². The van der Waals surface area contributed by atoms with E-state index in [2.05, 4.69) is 9.97 Å². The zero-order valence-electron chi connectivity index (χ0n) is 7.87. The number of hydrogen-bond donors (Lipinski definition) is 1. The first kappa shape index (κ1) is 10.0. The summed E-state index contributed by atoms with van der Waals surface area (Å²) in [6, 6.07) is 0.273. The minimum absolute atomic E-state index is 0.155. The zero-order valence-corrected chi connectivity index (χ0v) is 8.68. The van der Waals surface area contributed by atoms with Crippen LogP contribution in [0.3, 0.4) is 0 Å². The largest absolute Gasteiger partial charge is 0.464 e. The van der Waals surface area contributed by atoms with Gasteiger partial charge in [0.1, 0.15) is 0 Å². The van der Waals surface area contributed by atoms with E-state index >= 15 is 0 Å². The number of thioether (sulfide) groups is 1. The highest BCUT2D eigenvalue weighted by atomic mass is 32.2. The maximum Gasteiger partial charge on any atom is 0.322 e. The first-order chi connectivity index (χ1) is 6.19. The Balaban J connectivity index is 3.14. The summed E-state index contributed by atoms with van der Waals surface area (Å²) in [7, 11) is 1.75. The number of ether oxygens (including phenoxy) is 1. The highest BCUT2D eigenvalue weighted by Crippen LogP contribution is 2.10. The van der Waals surface area contributed by atoms with Crippen LogP contribution < -0.4 is 10.4 Å². The molecule has 0 fully saturated rings. The molecule has 0 unspecified atom stereocenters. The van der Waals surface area contributed by atoms with Crippen molar-refractivity contribution in [3.05, 3.63) is 5.62 Å². The average Bonchev–Trinajstić information content (AvgIpc) is 2.11. The molecule has 0 radical (unpaired) electrons. The summed E-state index contributed by atoms with van der Waals surface area (Å²) in [5.74, 6) is 0. The first-order valence-corrected chi connectivity index (χ1v) is 5.08. The Morgan fingerprint density at radius 3 is 2.77 bits per heavy atom. The van der Waals surface area contributed by atoms with E-state index in [9.17, 15) is 0 Å². The third-order valence-electron chi connectivity index (χ3n) is 1.45. The van der Waals surface area contributed by atoms with Crippen molar-refractivity contribution in [3.8, 4) is 6.01 Å². The molecular formula is C7H12N4OS. The van der Waals surface area contributed by atoms with E-state index in [4.69, 9.17) is 10.1 Å². The van der Waals surface area contributed by atoms with Crippen molar-refractivity contribution in [2.45, 2.75) is 12.1 Å². The van der Waals surface area contributed by atoms with Gasteiger partial charge >= 0.3 is 6.01 Å². The lowest BCUT2D eigenvalue weighted by Gasteiger charge is -2.06. The molecule has 0 aliphatic heterocycles. The topological polar surface area (TPSA) is 63.8 Å². The van der Waals surface area contributed by atoms with Gasteiger partial charge in [-0.1, -0.05) is 11.8 Å². The predicted octanol–water partition coefficient (Wildman–Crippen LogP) is 0.415. The minimum atomic E-state index is 0.155. The van der Waals surface area contributed by atoms with E-state index < -0.39 is 0 Å². The van der Waals surface area contributed by atoms with E-state index in [0.717, 1.165) is 5.16 Å². The van der Waals surface area contributed by atoms with Gasteiger partial charge in [0.15, 0.2) is 5.16 Å². The van der Waals surface area contributed by atoms with Crippen LogP contribution in [0.25, 0.3) is 0 Å². The molecule has 0 atom stereocenters. The van der Waals surface area contributed by atoms with Crippen molar-refractivity contribution in [1.82, 2.24) is 14.5 Å². The number of rotatable bonds is 3. The fraction of sp³-hybridized carbons (Fsp3) is 0.571. The van der Waals surface area contributed by atoms with E-state index in [-0.39, 0.29) is 11.6 Å². The molecule has 1 aromatic heterocycles. The summed E-state index contributed by atoms with van der Waals surface area (Å²) in [5.41, 5.74) is 0.155. The van der Waals surface area contributed by atoms with Gasteiger partial charge in [-0.25, -0.2) is 0 Å². The van der Waals surface area contributed by atoms with Gasteiger partial charge in [0.05, 0.1) is 6.61 Å². The normalized spacial score (nSPS) is 10.1. The minimum Gasteiger partial charge on any atom is -0.464 e. The smallest absolute Gasteiger partial charge is 0.322 e. The van der Waals surface area contributed by atoms with Gasteiger partial charge in [-0.15, -0.1) is 0 Å². The lowest BCUT2D eigenvalue weighted by atomic mass is 10.8. The Morgan fingerprint density at radius 1 is 1.54 bits per heavy atom. The fourth-order valence-electron chi connectivity index (χ4n) is 0.814. The summed E-state index contributed by atoms with van der Waals surface area (Å²) >= 11 is 1.46. The molecule has 1 aromatic rings. The molecule has 13 heavy (non-hydrogen) atoms. The average molecular weight is 200 g/mol. The Bertz CT molecular complexity index is 349. The predicted molar refractivity (Wildman–Crippen MR) is 49.8 cm³/mol. The van der Waals surface area contributed by atoms with Gasteiger partial charge in [-0.3, -0.25) is 9.98 Å². The second-order valence-corrected chi connectivity index (χ2v) is 3.08. The van der Waals surface area contributed by atoms with Gasteiger partial charge < -0.3 is 4.74 Å². The molecule has 0 aliphatic carbocycles. The highest BCUT2D eigenvalue weighted by molar-refractivity contribution is 7.98. The van der Waals surface area contributed by atoms with Crippen LogP contribution in [0.15, 0.2) is 5.16 Å². The van der Waals surface area contributed by atoms with Crippen LogP contribution in [-0.4, -0.2) is 27.4 Å². The third-order valence-corrected chi connectivity index (χ3v) is 2.18. The monoisotopic (exact) mass is 200 g/mol. The molecule has 0 saturated heterocycles. The van der Waals surface area contributed by atoms with Crippen LogP contribution in [0.4, 0.5) is 0 Å². The Kier molecular flexibility index (Phi) is 3.30. The molecule has 72 valence electrons. The molecular weight excluding hydrogens is 188 g/mol. The lowest BCUT2D eigenvalue weighted by molar-refractivity contribution is 0.301. The summed E-state index contributed by atoms with van der Waals surface area (Å²) in [6.07, 6.45) is 1.90. The number of hydrogen-bond acceptors (Lipinski definition) is 5. The Hall–Kier alpha value is -1.04. The Labute approximate surface area is 80.7 Å². The van der Waals surface area contributed by atoms with E-state index in [1.165, 1.54) is 11.8 Å². The SMILES string of the molecule is CCOc1nc(SC)n(C)c(=N)n1. The third kappa shape index (κ3) is 2.21. The summed E-state index contributed by atoms with van der Waals surface area (Å²) in [5, 5.41) is 8.23. The number of aromatic nitrogens is 3. The molecule has 0 spiro atoms. The van der Waals surface area contributed by atoms with Crippen molar-refractivity contribution in [2.24, 2.45) is 7.05 Å². The van der Waals surface area contributed by atoms with Crippen LogP contribution in [-0.2, 0) is 7.05 Å². The molecule has 1 heterocycles. The van der Waals surface area contributed by atoms with Gasteiger partial charge in [0.25, 0.3) is 0 Å². The molecule has 0 aliphatic rings. The van der Waals surface area contributed by atoms with Crippen LogP contribution >= 0.6 is 11.8 Å². The quantitative estimate of drug-likeness (QED) is 0.718. The van der Waals surface area contributed by atoms with Crippen molar-refractivity contribution >= 4 is 11.8 Å². The lowest BCUT2D eigenvalue weighted by Crippen LogP contribution is -2.23. The molecule has 5 nitrogen and oxygen atoms in total. The second-order valence-electron chi connectivity index (χ2n) is 2.31. The molecule has 0 saturated carbocycles. The van der Waals surface area contributed by atoms with E-state index in [0.29, 0.717) is 6.61 Å². The fourth-order valence-corrected chi connectivity index (χ4v) is 1.34. The van der Waals surface area contributed by atoms with Crippen molar-refractivity contribution in [1.29, 1.82) is 5.41 Å².